The quantitative estimate of drug-likeness (QED) is 0.913. The molecular formula is C14H18N4O2. The van der Waals surface area contributed by atoms with Crippen molar-refractivity contribution in [1.82, 2.24) is 20.4 Å². The lowest BCUT2D eigenvalue weighted by atomic mass is 10.0. The van der Waals surface area contributed by atoms with Crippen LogP contribution in [0.2, 0.25) is 0 Å². The first-order valence-electron chi connectivity index (χ1n) is 6.67. The smallest absolute Gasteiger partial charge is 0.253 e. The summed E-state index contributed by atoms with van der Waals surface area (Å²) in [5.41, 5.74) is 2.78. The van der Waals surface area contributed by atoms with Crippen LogP contribution in [0.3, 0.4) is 0 Å². The van der Waals surface area contributed by atoms with Crippen molar-refractivity contribution in [3.05, 3.63) is 29.3 Å². The monoisotopic (exact) mass is 274 g/mol. The Labute approximate surface area is 117 Å². The third-order valence-corrected chi connectivity index (χ3v) is 3.44. The molecule has 1 saturated heterocycles. The number of nitrogens with zero attached hydrogens (tertiary/aromatic N) is 3. The van der Waals surface area contributed by atoms with Gasteiger partial charge in [0.15, 0.2) is 0 Å². The van der Waals surface area contributed by atoms with Gasteiger partial charge in [-0.15, -0.1) is 0 Å². The van der Waals surface area contributed by atoms with Gasteiger partial charge < -0.3 is 14.6 Å². The van der Waals surface area contributed by atoms with Crippen LogP contribution in [0.25, 0.3) is 11.5 Å². The lowest BCUT2D eigenvalue weighted by molar-refractivity contribution is -0.0841. The molecule has 0 atom stereocenters. The van der Waals surface area contributed by atoms with E-state index in [0.29, 0.717) is 18.3 Å². The number of aryl methyl sites for hydroxylation is 2. The molecule has 0 aromatic carbocycles. The molecule has 2 aromatic rings. The van der Waals surface area contributed by atoms with E-state index in [1.54, 1.807) is 6.20 Å². The number of hydrogen-bond acceptors (Lipinski definition) is 6. The molecule has 0 saturated carbocycles. The Kier molecular flexibility index (Phi) is 3.27. The lowest BCUT2D eigenvalue weighted by Crippen LogP contribution is -2.58. The summed E-state index contributed by atoms with van der Waals surface area (Å²) in [5, 5.41) is 7.16. The summed E-state index contributed by atoms with van der Waals surface area (Å²) >= 11 is 0. The highest BCUT2D eigenvalue weighted by Crippen LogP contribution is 2.21. The molecule has 106 valence electrons. The first-order chi connectivity index (χ1) is 9.56. The molecule has 0 radical (unpaired) electrons. The summed E-state index contributed by atoms with van der Waals surface area (Å²) in [6, 6.07) is 2.05. The van der Waals surface area contributed by atoms with E-state index < -0.39 is 0 Å². The van der Waals surface area contributed by atoms with Crippen molar-refractivity contribution in [3.63, 3.8) is 0 Å². The van der Waals surface area contributed by atoms with Crippen molar-refractivity contribution in [2.24, 2.45) is 0 Å². The third-order valence-electron chi connectivity index (χ3n) is 3.44. The van der Waals surface area contributed by atoms with Gasteiger partial charge in [0, 0.05) is 19.3 Å². The molecule has 2 aromatic heterocycles. The van der Waals surface area contributed by atoms with Gasteiger partial charge in [0.05, 0.1) is 5.60 Å². The number of pyridine rings is 1. The highest BCUT2D eigenvalue weighted by atomic mass is 16.5. The number of rotatable bonds is 4. The topological polar surface area (TPSA) is 73.1 Å². The van der Waals surface area contributed by atoms with Crippen LogP contribution >= 0.6 is 0 Å². The minimum absolute atomic E-state index is 0.118. The van der Waals surface area contributed by atoms with Gasteiger partial charge in [0.1, 0.15) is 12.3 Å². The standard InChI is InChI=1S/C14H18N4O2/c1-9-4-10(2)12(16-5-9)13-17-11(20-18-13)6-19-14(3)7-15-8-14/h4-5,15H,6-8H2,1-3H3. The second-order valence-corrected chi connectivity index (χ2v) is 5.53. The number of aromatic nitrogens is 3. The van der Waals surface area contributed by atoms with E-state index in [2.05, 4.69) is 33.4 Å². The molecule has 0 unspecified atom stereocenters. The Balaban J connectivity index is 1.72. The van der Waals surface area contributed by atoms with Crippen LogP contribution in [0.4, 0.5) is 0 Å². The fourth-order valence-electron chi connectivity index (χ4n) is 2.17. The molecule has 3 rings (SSSR count). The van der Waals surface area contributed by atoms with E-state index in [1.807, 2.05) is 13.8 Å². The summed E-state index contributed by atoms with van der Waals surface area (Å²) in [6.45, 7) is 8.09. The highest BCUT2D eigenvalue weighted by Gasteiger charge is 2.33. The van der Waals surface area contributed by atoms with E-state index >= 15 is 0 Å². The maximum Gasteiger partial charge on any atom is 0.253 e. The average Bonchev–Trinajstić information content (AvgIpc) is 2.82. The second-order valence-electron chi connectivity index (χ2n) is 5.53. The summed E-state index contributed by atoms with van der Waals surface area (Å²) in [5.74, 6) is 0.993. The van der Waals surface area contributed by atoms with Crippen LogP contribution < -0.4 is 5.32 Å². The SMILES string of the molecule is Cc1cnc(-c2noc(COC3(C)CNC3)n2)c(C)c1. The number of hydrogen-bond donors (Lipinski definition) is 1. The van der Waals surface area contributed by atoms with Crippen LogP contribution in [-0.4, -0.2) is 33.8 Å². The van der Waals surface area contributed by atoms with Crippen molar-refractivity contribution in [2.75, 3.05) is 13.1 Å². The average molecular weight is 274 g/mol. The molecule has 0 spiro atoms. The van der Waals surface area contributed by atoms with E-state index in [1.165, 1.54) is 0 Å². The Morgan fingerprint density at radius 3 is 2.85 bits per heavy atom. The van der Waals surface area contributed by atoms with Gasteiger partial charge in [-0.1, -0.05) is 11.2 Å². The molecular weight excluding hydrogens is 256 g/mol. The van der Waals surface area contributed by atoms with E-state index in [-0.39, 0.29) is 5.60 Å². The summed E-state index contributed by atoms with van der Waals surface area (Å²) in [6.07, 6.45) is 1.80. The maximum absolute atomic E-state index is 5.77. The Morgan fingerprint density at radius 2 is 2.20 bits per heavy atom. The van der Waals surface area contributed by atoms with E-state index in [9.17, 15) is 0 Å². The third kappa shape index (κ3) is 2.57. The van der Waals surface area contributed by atoms with Gasteiger partial charge in [-0.3, -0.25) is 4.98 Å². The number of ether oxygens (including phenoxy) is 1. The van der Waals surface area contributed by atoms with Crippen molar-refractivity contribution >= 4 is 0 Å². The largest absolute Gasteiger partial charge is 0.363 e. The van der Waals surface area contributed by atoms with Gasteiger partial charge in [-0.25, -0.2) is 0 Å². The van der Waals surface area contributed by atoms with Gasteiger partial charge >= 0.3 is 0 Å². The molecule has 1 fully saturated rings. The van der Waals surface area contributed by atoms with E-state index in [4.69, 9.17) is 9.26 Å². The van der Waals surface area contributed by atoms with Crippen molar-refractivity contribution < 1.29 is 9.26 Å². The Hall–Kier alpha value is -1.79. The maximum atomic E-state index is 5.77. The summed E-state index contributed by atoms with van der Waals surface area (Å²) in [7, 11) is 0. The van der Waals surface area contributed by atoms with Crippen molar-refractivity contribution in [1.29, 1.82) is 0 Å². The molecule has 6 heteroatoms. The molecule has 0 bridgehead atoms. The molecule has 0 aliphatic carbocycles. The summed E-state index contributed by atoms with van der Waals surface area (Å²) in [4.78, 5) is 8.71. The van der Waals surface area contributed by atoms with Crippen molar-refractivity contribution in [3.8, 4) is 11.5 Å². The first kappa shape index (κ1) is 13.2. The predicted molar refractivity (Wildman–Crippen MR) is 73.1 cm³/mol. The van der Waals surface area contributed by atoms with Gasteiger partial charge in [0.25, 0.3) is 5.89 Å². The molecule has 6 nitrogen and oxygen atoms in total. The zero-order valence-corrected chi connectivity index (χ0v) is 11.9. The lowest BCUT2D eigenvalue weighted by Gasteiger charge is -2.38. The second kappa shape index (κ2) is 4.96. The number of nitrogens with one attached hydrogen (secondary N) is 1. The van der Waals surface area contributed by atoms with Crippen LogP contribution in [0, 0.1) is 13.8 Å². The van der Waals surface area contributed by atoms with Gasteiger partial charge in [-0.2, -0.15) is 4.98 Å². The van der Waals surface area contributed by atoms with Crippen LogP contribution in [-0.2, 0) is 11.3 Å². The highest BCUT2D eigenvalue weighted by molar-refractivity contribution is 5.53. The zero-order valence-electron chi connectivity index (χ0n) is 11.9. The van der Waals surface area contributed by atoms with Crippen molar-refractivity contribution in [2.45, 2.75) is 33.0 Å². The van der Waals surface area contributed by atoms with Crippen LogP contribution in [0.15, 0.2) is 16.8 Å². The molecule has 20 heavy (non-hydrogen) atoms. The Morgan fingerprint density at radius 1 is 1.40 bits per heavy atom. The molecule has 3 heterocycles. The minimum Gasteiger partial charge on any atom is -0.363 e. The van der Waals surface area contributed by atoms with Gasteiger partial charge in [0.2, 0.25) is 5.82 Å². The minimum atomic E-state index is -0.118. The Bertz CT molecular complexity index is 619. The first-order valence-corrected chi connectivity index (χ1v) is 6.67. The predicted octanol–water partition coefficient (Wildman–Crippen LogP) is 1.63. The van der Waals surface area contributed by atoms with E-state index in [0.717, 1.165) is 29.9 Å². The molecule has 1 aliphatic heterocycles. The fraction of sp³-hybridized carbons (Fsp3) is 0.500. The molecule has 1 aliphatic rings. The van der Waals surface area contributed by atoms with Crippen LogP contribution in [0.1, 0.15) is 23.9 Å². The fourth-order valence-corrected chi connectivity index (χ4v) is 2.17. The zero-order chi connectivity index (χ0) is 14.2. The molecule has 1 N–H and O–H groups in total. The molecule has 0 amide bonds. The summed E-state index contributed by atoms with van der Waals surface area (Å²) < 4.78 is 11.0. The van der Waals surface area contributed by atoms with Gasteiger partial charge in [-0.05, 0) is 31.9 Å². The normalized spacial score (nSPS) is 16.9. The van der Waals surface area contributed by atoms with Crippen LogP contribution in [0.5, 0.6) is 0 Å².